The number of hydrogen-bond donors (Lipinski definition) is 0. The average Bonchev–Trinajstić information content (AvgIpc) is 3.12. The summed E-state index contributed by atoms with van der Waals surface area (Å²) in [5.74, 6) is 2.92. The first-order chi connectivity index (χ1) is 8.72. The average molecular weight is 244 g/mol. The largest absolute Gasteiger partial charge is 0.496 e. The molecule has 2 heteroatoms. The van der Waals surface area contributed by atoms with E-state index in [2.05, 4.69) is 0 Å². The van der Waals surface area contributed by atoms with E-state index in [1.54, 1.807) is 7.11 Å². The standard InChI is InChI=1S/C16H20O2/c1-10-9-11(7-8-14(10)18-2)16(17)15-12-5-3-4-6-13(12)15/h7-9,12-13,15H,3-6H2,1-2H3. The van der Waals surface area contributed by atoms with Gasteiger partial charge in [-0.3, -0.25) is 4.79 Å². The number of fused-ring (bicyclic) bond motifs is 1. The number of ether oxygens (including phenoxy) is 1. The van der Waals surface area contributed by atoms with E-state index in [1.165, 1.54) is 25.7 Å². The van der Waals surface area contributed by atoms with E-state index in [0.717, 1.165) is 16.9 Å². The van der Waals surface area contributed by atoms with Crippen molar-refractivity contribution in [3.05, 3.63) is 29.3 Å². The molecule has 96 valence electrons. The highest BCUT2D eigenvalue weighted by Crippen LogP contribution is 2.56. The molecule has 0 aromatic heterocycles. The summed E-state index contributed by atoms with van der Waals surface area (Å²) in [5, 5.41) is 0. The summed E-state index contributed by atoms with van der Waals surface area (Å²) in [4.78, 5) is 12.5. The molecule has 0 saturated heterocycles. The Bertz CT molecular complexity index is 466. The van der Waals surface area contributed by atoms with E-state index < -0.39 is 0 Å². The summed E-state index contributed by atoms with van der Waals surface area (Å²) in [5.41, 5.74) is 1.92. The van der Waals surface area contributed by atoms with E-state index in [9.17, 15) is 4.79 Å². The first-order valence-corrected chi connectivity index (χ1v) is 6.91. The van der Waals surface area contributed by atoms with E-state index in [-0.39, 0.29) is 0 Å². The lowest BCUT2D eigenvalue weighted by molar-refractivity contribution is 0.0956. The molecule has 0 amide bonds. The van der Waals surface area contributed by atoms with Crippen molar-refractivity contribution in [2.75, 3.05) is 7.11 Å². The Morgan fingerprint density at radius 3 is 2.44 bits per heavy atom. The first kappa shape index (κ1) is 11.8. The van der Waals surface area contributed by atoms with Gasteiger partial charge in [0.05, 0.1) is 7.11 Å². The monoisotopic (exact) mass is 244 g/mol. The molecule has 0 bridgehead atoms. The van der Waals surface area contributed by atoms with Crippen molar-refractivity contribution < 1.29 is 9.53 Å². The van der Waals surface area contributed by atoms with Crippen LogP contribution in [0, 0.1) is 24.7 Å². The summed E-state index contributed by atoms with van der Waals surface area (Å²) >= 11 is 0. The Balaban J connectivity index is 1.79. The molecule has 2 saturated carbocycles. The lowest BCUT2D eigenvalue weighted by Crippen LogP contribution is -2.05. The van der Waals surface area contributed by atoms with Crippen LogP contribution in [0.4, 0.5) is 0 Å². The molecule has 2 atom stereocenters. The van der Waals surface area contributed by atoms with E-state index >= 15 is 0 Å². The second-order valence-corrected chi connectivity index (χ2v) is 5.69. The van der Waals surface area contributed by atoms with Crippen LogP contribution in [0.5, 0.6) is 5.75 Å². The molecular weight excluding hydrogens is 224 g/mol. The highest BCUT2D eigenvalue weighted by atomic mass is 16.5. The van der Waals surface area contributed by atoms with Crippen molar-refractivity contribution >= 4 is 5.78 Å². The SMILES string of the molecule is COc1ccc(C(=O)C2C3CCCCC32)cc1C. The molecule has 2 nitrogen and oxygen atoms in total. The molecule has 2 unspecified atom stereocenters. The predicted octanol–water partition coefficient (Wildman–Crippen LogP) is 3.62. The molecule has 18 heavy (non-hydrogen) atoms. The van der Waals surface area contributed by atoms with Gasteiger partial charge in [0.1, 0.15) is 5.75 Å². The second-order valence-electron chi connectivity index (χ2n) is 5.69. The Labute approximate surface area is 108 Å². The highest BCUT2D eigenvalue weighted by Gasteiger charge is 2.54. The summed E-state index contributed by atoms with van der Waals surface area (Å²) in [6.45, 7) is 2.00. The van der Waals surface area contributed by atoms with Crippen LogP contribution in [0.2, 0.25) is 0 Å². The van der Waals surface area contributed by atoms with Gasteiger partial charge in [0.25, 0.3) is 0 Å². The number of aryl methyl sites for hydroxylation is 1. The van der Waals surface area contributed by atoms with Crippen LogP contribution >= 0.6 is 0 Å². The topological polar surface area (TPSA) is 26.3 Å². The number of carbonyl (C=O) groups is 1. The summed E-state index contributed by atoms with van der Waals surface area (Å²) in [7, 11) is 1.67. The van der Waals surface area contributed by atoms with E-state index in [1.807, 2.05) is 25.1 Å². The molecule has 0 spiro atoms. The molecule has 0 N–H and O–H groups in total. The molecule has 0 heterocycles. The van der Waals surface area contributed by atoms with Gasteiger partial charge in [0.15, 0.2) is 5.78 Å². The van der Waals surface area contributed by atoms with Crippen LogP contribution in [-0.4, -0.2) is 12.9 Å². The molecule has 2 fully saturated rings. The molecule has 0 radical (unpaired) electrons. The van der Waals surface area contributed by atoms with Crippen molar-refractivity contribution in [3.63, 3.8) is 0 Å². The fraction of sp³-hybridized carbons (Fsp3) is 0.562. The predicted molar refractivity (Wildman–Crippen MR) is 71.0 cm³/mol. The van der Waals surface area contributed by atoms with Gasteiger partial charge in [-0.2, -0.15) is 0 Å². The number of Topliss-reactive ketones (excluding diaryl/α,β-unsaturated/α-hetero) is 1. The Morgan fingerprint density at radius 1 is 1.22 bits per heavy atom. The minimum Gasteiger partial charge on any atom is -0.496 e. The minimum atomic E-state index is 0.320. The molecule has 1 aromatic rings. The third-order valence-electron chi connectivity index (χ3n) is 4.64. The Hall–Kier alpha value is -1.31. The first-order valence-electron chi connectivity index (χ1n) is 6.91. The Morgan fingerprint density at radius 2 is 1.89 bits per heavy atom. The van der Waals surface area contributed by atoms with Crippen molar-refractivity contribution in [2.45, 2.75) is 32.6 Å². The van der Waals surface area contributed by atoms with E-state index in [0.29, 0.717) is 23.5 Å². The van der Waals surface area contributed by atoms with Gasteiger partial charge in [0, 0.05) is 11.5 Å². The third kappa shape index (κ3) is 1.84. The lowest BCUT2D eigenvalue weighted by Gasteiger charge is -2.06. The number of methoxy groups -OCH3 is 1. The Kier molecular flexibility index (Phi) is 2.89. The maximum Gasteiger partial charge on any atom is 0.166 e. The summed E-state index contributed by atoms with van der Waals surface area (Å²) < 4.78 is 5.24. The van der Waals surface area contributed by atoms with Crippen molar-refractivity contribution in [1.29, 1.82) is 0 Å². The molecule has 2 aliphatic rings. The quantitative estimate of drug-likeness (QED) is 0.759. The van der Waals surface area contributed by atoms with Crippen LogP contribution in [-0.2, 0) is 0 Å². The third-order valence-corrected chi connectivity index (χ3v) is 4.64. The number of rotatable bonds is 3. The van der Waals surface area contributed by atoms with Gasteiger partial charge < -0.3 is 4.74 Å². The smallest absolute Gasteiger partial charge is 0.166 e. The van der Waals surface area contributed by atoms with Crippen LogP contribution in [0.3, 0.4) is 0 Å². The fourth-order valence-corrected chi connectivity index (χ4v) is 3.61. The van der Waals surface area contributed by atoms with Gasteiger partial charge in [-0.15, -0.1) is 0 Å². The van der Waals surface area contributed by atoms with Gasteiger partial charge in [0.2, 0.25) is 0 Å². The highest BCUT2D eigenvalue weighted by molar-refractivity contribution is 6.00. The van der Waals surface area contributed by atoms with Gasteiger partial charge in [-0.25, -0.2) is 0 Å². The molecule has 2 aliphatic carbocycles. The second kappa shape index (κ2) is 4.42. The van der Waals surface area contributed by atoms with Crippen LogP contribution in [0.15, 0.2) is 18.2 Å². The maximum absolute atomic E-state index is 12.5. The minimum absolute atomic E-state index is 0.320. The van der Waals surface area contributed by atoms with Crippen LogP contribution < -0.4 is 4.74 Å². The fourth-order valence-electron chi connectivity index (χ4n) is 3.61. The molecule has 1 aromatic carbocycles. The lowest BCUT2D eigenvalue weighted by atomic mass is 10.0. The van der Waals surface area contributed by atoms with Crippen molar-refractivity contribution in [1.82, 2.24) is 0 Å². The van der Waals surface area contributed by atoms with Crippen molar-refractivity contribution in [2.24, 2.45) is 17.8 Å². The molecular formula is C16H20O2. The van der Waals surface area contributed by atoms with Gasteiger partial charge in [-0.1, -0.05) is 12.8 Å². The number of carbonyl (C=O) groups excluding carboxylic acids is 1. The van der Waals surface area contributed by atoms with Crippen molar-refractivity contribution in [3.8, 4) is 5.75 Å². The van der Waals surface area contributed by atoms with Gasteiger partial charge >= 0.3 is 0 Å². The molecule has 3 rings (SSSR count). The molecule has 0 aliphatic heterocycles. The number of ketones is 1. The zero-order valence-electron chi connectivity index (χ0n) is 11.1. The number of hydrogen-bond acceptors (Lipinski definition) is 2. The zero-order chi connectivity index (χ0) is 12.7. The summed E-state index contributed by atoms with van der Waals surface area (Å²) in [6.07, 6.45) is 5.14. The zero-order valence-corrected chi connectivity index (χ0v) is 11.1. The van der Waals surface area contributed by atoms with Crippen LogP contribution in [0.25, 0.3) is 0 Å². The number of benzene rings is 1. The normalized spacial score (nSPS) is 29.6. The maximum atomic E-state index is 12.5. The van der Waals surface area contributed by atoms with Gasteiger partial charge in [-0.05, 0) is 55.4 Å². The van der Waals surface area contributed by atoms with Crippen LogP contribution in [0.1, 0.15) is 41.6 Å². The summed E-state index contributed by atoms with van der Waals surface area (Å²) in [6, 6.07) is 5.80. The van der Waals surface area contributed by atoms with E-state index in [4.69, 9.17) is 4.74 Å².